The smallest absolute Gasteiger partial charge is 0.326 e. The van der Waals surface area contributed by atoms with Crippen LogP contribution in [-0.4, -0.2) is 66.0 Å². The number of fused-ring (bicyclic) bond motifs is 2. The molecular weight excluding hydrogens is 669 g/mol. The molecule has 3 N–H and O–H groups in total. The van der Waals surface area contributed by atoms with Crippen LogP contribution in [0.15, 0.2) is 24.3 Å². The molecule has 4 aromatic rings. The van der Waals surface area contributed by atoms with Crippen molar-refractivity contribution in [3.05, 3.63) is 45.7 Å². The molecule has 0 radical (unpaired) electrons. The normalized spacial score (nSPS) is 12.0. The number of methoxy groups -OCH3 is 2. The molecule has 0 aliphatic heterocycles. The Balaban J connectivity index is 1.44. The molecule has 0 amide bonds. The average molecular weight is 701 g/mol. The lowest BCUT2D eigenvalue weighted by molar-refractivity contribution is -0.146. The zero-order valence-electron chi connectivity index (χ0n) is 25.2. The highest BCUT2D eigenvalue weighted by Gasteiger charge is 2.31. The van der Waals surface area contributed by atoms with E-state index in [9.17, 15) is 24.1 Å². The number of rotatable bonds is 16. The van der Waals surface area contributed by atoms with Crippen molar-refractivity contribution in [1.29, 1.82) is 0 Å². The van der Waals surface area contributed by atoms with Gasteiger partial charge in [-0.15, -0.1) is 22.7 Å². The number of aliphatic carboxylic acids is 1. The third-order valence-electron chi connectivity index (χ3n) is 6.95. The predicted molar refractivity (Wildman–Crippen MR) is 168 cm³/mol. The molecule has 46 heavy (non-hydrogen) atoms. The maximum atomic E-state index is 15.5. The molecule has 2 aromatic heterocycles. The maximum Gasteiger partial charge on any atom is 0.326 e. The summed E-state index contributed by atoms with van der Waals surface area (Å²) in [5.41, 5.74) is -1.29. The fourth-order valence-electron chi connectivity index (χ4n) is 4.39. The molecule has 0 unspecified atom stereocenters. The van der Waals surface area contributed by atoms with Crippen LogP contribution in [0.4, 0.5) is 8.78 Å². The summed E-state index contributed by atoms with van der Waals surface area (Å²) in [6.45, 7) is 2.74. The van der Waals surface area contributed by atoms with Crippen molar-refractivity contribution < 1.29 is 61.6 Å². The van der Waals surface area contributed by atoms with Gasteiger partial charge in [-0.05, 0) is 26.0 Å². The number of Topliss-reactive ketones (excluding diaryl/α,β-unsaturated/α-hetero) is 2. The van der Waals surface area contributed by atoms with E-state index in [1.165, 1.54) is 52.3 Å². The van der Waals surface area contributed by atoms with Crippen molar-refractivity contribution in [1.82, 2.24) is 0 Å². The molecule has 0 atom stereocenters. The summed E-state index contributed by atoms with van der Waals surface area (Å²) in [5, 5.41) is 9.54. The Morgan fingerprint density at radius 2 is 1.28 bits per heavy atom. The van der Waals surface area contributed by atoms with Crippen LogP contribution in [0.5, 0.6) is 23.0 Å². The van der Waals surface area contributed by atoms with Crippen LogP contribution in [-0.2, 0) is 9.36 Å². The molecule has 0 aliphatic carbocycles. The molecule has 11 nitrogen and oxygen atoms in total. The van der Waals surface area contributed by atoms with Crippen LogP contribution >= 0.6 is 30.3 Å². The highest BCUT2D eigenvalue weighted by atomic mass is 32.1. The summed E-state index contributed by atoms with van der Waals surface area (Å²) < 4.78 is 64.8. The van der Waals surface area contributed by atoms with Gasteiger partial charge in [-0.2, -0.15) is 0 Å². The molecule has 0 spiro atoms. The molecule has 248 valence electrons. The molecule has 0 saturated carbocycles. The zero-order valence-corrected chi connectivity index (χ0v) is 27.7. The summed E-state index contributed by atoms with van der Waals surface area (Å²) in [7, 11) is -1.72. The fourth-order valence-corrected chi connectivity index (χ4v) is 6.96. The third kappa shape index (κ3) is 7.84. The Morgan fingerprint density at radius 1 is 0.826 bits per heavy atom. The summed E-state index contributed by atoms with van der Waals surface area (Å²) in [5.74, 6) is -3.90. The molecular formula is C30H31F2O11PS2. The number of carboxylic acid groups (broad SMARTS) is 1. The van der Waals surface area contributed by atoms with E-state index in [0.717, 1.165) is 22.7 Å². The topological polar surface area (TPSA) is 166 Å². The second-order valence-electron chi connectivity index (χ2n) is 10.9. The molecule has 2 aromatic carbocycles. The summed E-state index contributed by atoms with van der Waals surface area (Å²) >= 11 is 1.98. The third-order valence-corrected chi connectivity index (χ3v) is 10.0. The first-order valence-corrected chi connectivity index (χ1v) is 17.2. The fraction of sp³-hybridized carbons (Fsp3) is 0.367. The van der Waals surface area contributed by atoms with Gasteiger partial charge in [-0.1, -0.05) is 0 Å². The molecule has 0 aliphatic rings. The van der Waals surface area contributed by atoms with Crippen molar-refractivity contribution in [2.75, 3.05) is 33.6 Å². The number of ketones is 2. The van der Waals surface area contributed by atoms with Gasteiger partial charge in [-0.3, -0.25) is 18.9 Å². The van der Waals surface area contributed by atoms with E-state index in [4.69, 9.17) is 28.7 Å². The van der Waals surface area contributed by atoms with Gasteiger partial charge in [0, 0.05) is 51.6 Å². The van der Waals surface area contributed by atoms with Crippen molar-refractivity contribution in [3.63, 3.8) is 0 Å². The largest absolute Gasteiger partial charge is 0.493 e. The van der Waals surface area contributed by atoms with Crippen LogP contribution in [0, 0.1) is 17.0 Å². The Bertz CT molecular complexity index is 1860. The molecule has 4 rings (SSSR count). The van der Waals surface area contributed by atoms with E-state index < -0.39 is 54.8 Å². The average Bonchev–Trinajstić information content (AvgIpc) is 3.62. The van der Waals surface area contributed by atoms with Gasteiger partial charge in [0.15, 0.2) is 46.2 Å². The van der Waals surface area contributed by atoms with Crippen molar-refractivity contribution in [3.8, 4) is 23.0 Å². The lowest BCUT2D eigenvalue weighted by Crippen LogP contribution is -2.26. The van der Waals surface area contributed by atoms with Gasteiger partial charge < -0.3 is 33.8 Å². The summed E-state index contributed by atoms with van der Waals surface area (Å²) in [6.07, 6.45) is -1.10. The Hall–Kier alpha value is -3.62. The van der Waals surface area contributed by atoms with Crippen molar-refractivity contribution in [2.24, 2.45) is 5.41 Å². The zero-order chi connectivity index (χ0) is 34.0. The number of halogens is 2. The van der Waals surface area contributed by atoms with Crippen LogP contribution in [0.25, 0.3) is 20.2 Å². The van der Waals surface area contributed by atoms with Gasteiger partial charge in [0.25, 0.3) is 0 Å². The molecule has 16 heteroatoms. The Kier molecular flexibility index (Phi) is 10.7. The van der Waals surface area contributed by atoms with Crippen LogP contribution in [0.1, 0.15) is 52.5 Å². The second kappa shape index (κ2) is 14.0. The number of carbonyl (C=O) groups excluding carboxylic acids is 2. The van der Waals surface area contributed by atoms with E-state index in [1.54, 1.807) is 0 Å². The lowest BCUT2D eigenvalue weighted by Gasteiger charge is -2.16. The van der Waals surface area contributed by atoms with E-state index >= 15 is 8.78 Å². The van der Waals surface area contributed by atoms with Gasteiger partial charge in [0.05, 0.1) is 48.8 Å². The number of carbonyl (C=O) groups is 3. The number of carboxylic acids is 1. The van der Waals surface area contributed by atoms with E-state index in [0.29, 0.717) is 9.40 Å². The minimum Gasteiger partial charge on any atom is -0.493 e. The number of benzene rings is 2. The van der Waals surface area contributed by atoms with Crippen LogP contribution < -0.4 is 18.9 Å². The van der Waals surface area contributed by atoms with E-state index in [2.05, 4.69) is 0 Å². The first-order valence-electron chi connectivity index (χ1n) is 13.8. The van der Waals surface area contributed by atoms with Crippen molar-refractivity contribution >= 4 is 68.0 Å². The van der Waals surface area contributed by atoms with Crippen LogP contribution in [0.3, 0.4) is 0 Å². The summed E-state index contributed by atoms with van der Waals surface area (Å²) in [6, 6.07) is 5.67. The number of hydrogen-bond acceptors (Lipinski definition) is 10. The minimum atomic E-state index is -4.37. The Labute approximate surface area is 269 Å². The Morgan fingerprint density at radius 3 is 1.70 bits per heavy atom. The molecule has 0 bridgehead atoms. The minimum absolute atomic E-state index is 0.0645. The standard InChI is InChI=1S/C30H31F2O11PS2/c1-30(2,29(35)36)14-18(34)24-11-16-22(46-24)13-20(41-4)28(26(16)32)43-8-5-7-42-27-19(40-3)12-21-15(25(27)31)10-23(45-21)17(33)6-9-44(37,38)39/h10-13H,5-9,14H2,1-4H3,(H,35,36)(H2,37,38,39). The van der Waals surface area contributed by atoms with E-state index in [-0.39, 0.29) is 69.6 Å². The predicted octanol–water partition coefficient (Wildman–Crippen LogP) is 6.69. The van der Waals surface area contributed by atoms with Gasteiger partial charge in [-0.25, -0.2) is 8.78 Å². The monoisotopic (exact) mass is 700 g/mol. The number of ether oxygens (including phenoxy) is 4. The molecule has 0 fully saturated rings. The van der Waals surface area contributed by atoms with Gasteiger partial charge in [0.2, 0.25) is 0 Å². The van der Waals surface area contributed by atoms with Gasteiger partial charge >= 0.3 is 13.6 Å². The van der Waals surface area contributed by atoms with E-state index in [1.807, 2.05) is 0 Å². The first kappa shape index (κ1) is 35.2. The summed E-state index contributed by atoms with van der Waals surface area (Å²) in [4.78, 5) is 55.0. The molecule has 0 saturated heterocycles. The SMILES string of the molecule is COc1cc2sc(C(=O)CCP(=O)(O)O)cc2c(F)c1OCCCOc1c(OC)cc2sc(C(=O)CC(C)(C)C(=O)O)cc2c1F. The highest BCUT2D eigenvalue weighted by Crippen LogP contribution is 2.43. The molecule has 2 heterocycles. The maximum absolute atomic E-state index is 15.5. The highest BCUT2D eigenvalue weighted by molar-refractivity contribution is 7.51. The number of hydrogen-bond donors (Lipinski definition) is 3. The number of thiophene rings is 2. The quantitative estimate of drug-likeness (QED) is 0.0647. The van der Waals surface area contributed by atoms with Crippen molar-refractivity contribution in [2.45, 2.75) is 33.1 Å². The lowest BCUT2D eigenvalue weighted by atomic mass is 9.87. The van der Waals surface area contributed by atoms with Gasteiger partial charge in [0.1, 0.15) is 0 Å². The second-order valence-corrected chi connectivity index (χ2v) is 14.8. The first-order chi connectivity index (χ1) is 21.6. The van der Waals surface area contributed by atoms with Crippen LogP contribution in [0.2, 0.25) is 0 Å².